The summed E-state index contributed by atoms with van der Waals surface area (Å²) in [6.07, 6.45) is 1.80. The van der Waals surface area contributed by atoms with Crippen molar-refractivity contribution in [2.45, 2.75) is 27.7 Å². The molecule has 0 atom stereocenters. The second kappa shape index (κ2) is 6.53. The van der Waals surface area contributed by atoms with Gasteiger partial charge in [-0.05, 0) is 50.6 Å². The van der Waals surface area contributed by atoms with Crippen LogP contribution in [0.3, 0.4) is 0 Å². The highest BCUT2D eigenvalue weighted by molar-refractivity contribution is 7.19. The molecule has 0 bridgehead atoms. The fourth-order valence-electron chi connectivity index (χ4n) is 2.71. The Morgan fingerprint density at radius 3 is 2.38 bits per heavy atom. The molecule has 1 aromatic carbocycles. The molecule has 3 rings (SSSR count). The number of anilines is 1. The van der Waals surface area contributed by atoms with E-state index in [1.54, 1.807) is 6.20 Å². The zero-order chi connectivity index (χ0) is 17.3. The van der Waals surface area contributed by atoms with Gasteiger partial charge < -0.3 is 5.32 Å². The van der Waals surface area contributed by atoms with E-state index < -0.39 is 0 Å². The molecular formula is C19H19N3OS. The Morgan fingerprint density at radius 2 is 1.75 bits per heavy atom. The Bertz CT molecular complexity index is 894. The molecule has 2 heterocycles. The first kappa shape index (κ1) is 16.3. The quantitative estimate of drug-likeness (QED) is 0.750. The minimum Gasteiger partial charge on any atom is -0.302 e. The maximum absolute atomic E-state index is 11.4. The summed E-state index contributed by atoms with van der Waals surface area (Å²) in [5.41, 5.74) is 6.34. The number of thiazole rings is 1. The van der Waals surface area contributed by atoms with Gasteiger partial charge in [0.15, 0.2) is 5.13 Å². The van der Waals surface area contributed by atoms with Crippen LogP contribution in [0.15, 0.2) is 36.5 Å². The number of pyridine rings is 1. The van der Waals surface area contributed by atoms with E-state index in [0.29, 0.717) is 5.13 Å². The number of rotatable bonds is 3. The number of aromatic nitrogens is 2. The van der Waals surface area contributed by atoms with Crippen molar-refractivity contribution in [2.24, 2.45) is 0 Å². The normalized spacial score (nSPS) is 10.7. The third kappa shape index (κ3) is 3.51. The number of hydrogen-bond donors (Lipinski definition) is 1. The van der Waals surface area contributed by atoms with Crippen molar-refractivity contribution in [2.75, 3.05) is 5.32 Å². The van der Waals surface area contributed by atoms with Crippen molar-refractivity contribution >= 4 is 22.4 Å². The van der Waals surface area contributed by atoms with Crippen LogP contribution in [-0.4, -0.2) is 15.9 Å². The van der Waals surface area contributed by atoms with Crippen molar-refractivity contribution in [3.8, 4) is 21.7 Å². The number of hydrogen-bond acceptors (Lipinski definition) is 4. The van der Waals surface area contributed by atoms with Gasteiger partial charge in [0.25, 0.3) is 0 Å². The minimum atomic E-state index is -0.117. The summed E-state index contributed by atoms with van der Waals surface area (Å²) in [6, 6.07) is 10.4. The summed E-state index contributed by atoms with van der Waals surface area (Å²) in [5, 5.41) is 3.41. The third-order valence-corrected chi connectivity index (χ3v) is 4.58. The number of nitrogens with one attached hydrogen (secondary N) is 1. The van der Waals surface area contributed by atoms with Gasteiger partial charge in [-0.1, -0.05) is 28.5 Å². The van der Waals surface area contributed by atoms with Crippen molar-refractivity contribution in [1.82, 2.24) is 9.97 Å². The lowest BCUT2D eigenvalue weighted by Gasteiger charge is -2.06. The molecular weight excluding hydrogens is 318 g/mol. The number of carbonyl (C=O) groups is 1. The summed E-state index contributed by atoms with van der Waals surface area (Å²) in [5.74, 6) is -0.117. The van der Waals surface area contributed by atoms with Gasteiger partial charge in [-0.2, -0.15) is 0 Å². The smallest absolute Gasteiger partial charge is 0.223 e. The predicted octanol–water partition coefficient (Wildman–Crippen LogP) is 4.76. The number of aryl methyl sites for hydroxylation is 3. The predicted molar refractivity (Wildman–Crippen MR) is 99.3 cm³/mol. The molecule has 3 aromatic rings. The molecule has 0 saturated heterocycles. The monoisotopic (exact) mass is 337 g/mol. The minimum absolute atomic E-state index is 0.117. The van der Waals surface area contributed by atoms with Crippen LogP contribution in [0.5, 0.6) is 0 Å². The molecule has 1 amide bonds. The highest BCUT2D eigenvalue weighted by Crippen LogP contribution is 2.39. The summed E-state index contributed by atoms with van der Waals surface area (Å²) in [6.45, 7) is 7.62. The highest BCUT2D eigenvalue weighted by Gasteiger charge is 2.16. The Hall–Kier alpha value is -2.53. The molecule has 0 aliphatic carbocycles. The standard InChI is InChI=1S/C19H19N3OS/c1-11-7-12(2)9-16(8-11)17-18(15-5-6-20-13(3)10-15)24-19(22-17)21-14(4)23/h5-10H,1-4H3,(H,21,22,23). The molecule has 0 fully saturated rings. The van der Waals surface area contributed by atoms with E-state index in [9.17, 15) is 4.79 Å². The summed E-state index contributed by atoms with van der Waals surface area (Å²) in [7, 11) is 0. The number of amides is 1. The van der Waals surface area contributed by atoms with E-state index in [1.165, 1.54) is 29.4 Å². The molecule has 122 valence electrons. The SMILES string of the molecule is CC(=O)Nc1nc(-c2cc(C)cc(C)c2)c(-c2ccnc(C)c2)s1. The van der Waals surface area contributed by atoms with Gasteiger partial charge >= 0.3 is 0 Å². The van der Waals surface area contributed by atoms with Gasteiger partial charge in [0, 0.05) is 24.4 Å². The Balaban J connectivity index is 2.19. The van der Waals surface area contributed by atoms with Crippen LogP contribution in [0.4, 0.5) is 5.13 Å². The van der Waals surface area contributed by atoms with Gasteiger partial charge in [-0.15, -0.1) is 0 Å². The maximum atomic E-state index is 11.4. The fourth-order valence-corrected chi connectivity index (χ4v) is 3.74. The maximum Gasteiger partial charge on any atom is 0.223 e. The first-order valence-corrected chi connectivity index (χ1v) is 8.54. The molecule has 0 unspecified atom stereocenters. The molecule has 5 heteroatoms. The van der Waals surface area contributed by atoms with Crippen LogP contribution in [-0.2, 0) is 4.79 Å². The van der Waals surface area contributed by atoms with E-state index in [2.05, 4.69) is 47.3 Å². The molecule has 0 spiro atoms. The van der Waals surface area contributed by atoms with Gasteiger partial charge in [-0.3, -0.25) is 9.78 Å². The zero-order valence-corrected chi connectivity index (χ0v) is 15.0. The summed E-state index contributed by atoms with van der Waals surface area (Å²) < 4.78 is 0. The van der Waals surface area contributed by atoms with Crippen molar-refractivity contribution in [1.29, 1.82) is 0 Å². The Labute approximate surface area is 145 Å². The molecule has 1 N–H and O–H groups in total. The topological polar surface area (TPSA) is 54.9 Å². The van der Waals surface area contributed by atoms with Gasteiger partial charge in [0.1, 0.15) is 0 Å². The fraction of sp³-hybridized carbons (Fsp3) is 0.211. The van der Waals surface area contributed by atoms with Crippen LogP contribution in [0.1, 0.15) is 23.7 Å². The molecule has 0 radical (unpaired) electrons. The zero-order valence-electron chi connectivity index (χ0n) is 14.2. The lowest BCUT2D eigenvalue weighted by atomic mass is 10.0. The summed E-state index contributed by atoms with van der Waals surface area (Å²) >= 11 is 1.49. The van der Waals surface area contributed by atoms with E-state index in [4.69, 9.17) is 0 Å². The van der Waals surface area contributed by atoms with E-state index in [1.807, 2.05) is 19.1 Å². The largest absolute Gasteiger partial charge is 0.302 e. The Kier molecular flexibility index (Phi) is 4.44. The van der Waals surface area contributed by atoms with Crippen LogP contribution >= 0.6 is 11.3 Å². The van der Waals surface area contributed by atoms with E-state index in [0.717, 1.165) is 27.4 Å². The average Bonchev–Trinajstić information content (AvgIpc) is 2.89. The molecule has 0 aliphatic rings. The highest BCUT2D eigenvalue weighted by atomic mass is 32.1. The molecule has 4 nitrogen and oxygen atoms in total. The van der Waals surface area contributed by atoms with E-state index in [-0.39, 0.29) is 5.91 Å². The van der Waals surface area contributed by atoms with Crippen molar-refractivity contribution in [3.63, 3.8) is 0 Å². The second-order valence-electron chi connectivity index (χ2n) is 5.94. The first-order valence-electron chi connectivity index (χ1n) is 7.72. The molecule has 24 heavy (non-hydrogen) atoms. The summed E-state index contributed by atoms with van der Waals surface area (Å²) in [4.78, 5) is 21.4. The van der Waals surface area contributed by atoms with Crippen LogP contribution in [0, 0.1) is 20.8 Å². The first-order chi connectivity index (χ1) is 11.4. The van der Waals surface area contributed by atoms with Crippen molar-refractivity contribution < 1.29 is 4.79 Å². The van der Waals surface area contributed by atoms with E-state index >= 15 is 0 Å². The van der Waals surface area contributed by atoms with Crippen LogP contribution < -0.4 is 5.32 Å². The number of benzene rings is 1. The lowest BCUT2D eigenvalue weighted by Crippen LogP contribution is -2.04. The Morgan fingerprint density at radius 1 is 1.04 bits per heavy atom. The lowest BCUT2D eigenvalue weighted by molar-refractivity contribution is -0.114. The van der Waals surface area contributed by atoms with Gasteiger partial charge in [0.05, 0.1) is 10.6 Å². The van der Waals surface area contributed by atoms with Crippen molar-refractivity contribution in [3.05, 3.63) is 53.3 Å². The number of carbonyl (C=O) groups excluding carboxylic acids is 1. The molecule has 0 saturated carbocycles. The molecule has 0 aliphatic heterocycles. The second-order valence-corrected chi connectivity index (χ2v) is 6.94. The third-order valence-electron chi connectivity index (χ3n) is 3.56. The van der Waals surface area contributed by atoms with Crippen LogP contribution in [0.25, 0.3) is 21.7 Å². The van der Waals surface area contributed by atoms with Crippen LogP contribution in [0.2, 0.25) is 0 Å². The van der Waals surface area contributed by atoms with Gasteiger partial charge in [-0.25, -0.2) is 4.98 Å². The average molecular weight is 337 g/mol. The molecule has 2 aromatic heterocycles. The van der Waals surface area contributed by atoms with Gasteiger partial charge in [0.2, 0.25) is 5.91 Å². The number of nitrogens with zero attached hydrogens (tertiary/aromatic N) is 2.